The average molecular weight is 267 g/mol. The standard InChI is InChI=1S/C10H9N3O4S/c14-8(15)5-18-10-11-9(16)7(12-13-10)4-6-2-1-3-17-6/h1-3H,4-5H2,(H,14,15)(H,11,13,16). The van der Waals surface area contributed by atoms with Gasteiger partial charge in [0.05, 0.1) is 18.4 Å². The molecule has 0 saturated heterocycles. The van der Waals surface area contributed by atoms with Crippen LogP contribution in [-0.4, -0.2) is 32.0 Å². The van der Waals surface area contributed by atoms with Crippen molar-refractivity contribution in [1.29, 1.82) is 0 Å². The Morgan fingerprint density at radius 3 is 2.94 bits per heavy atom. The van der Waals surface area contributed by atoms with Gasteiger partial charge in [0.25, 0.3) is 5.56 Å². The number of aromatic amines is 1. The number of aromatic nitrogens is 3. The van der Waals surface area contributed by atoms with Gasteiger partial charge >= 0.3 is 5.97 Å². The Kier molecular flexibility index (Phi) is 3.78. The maximum absolute atomic E-state index is 11.7. The van der Waals surface area contributed by atoms with Crippen molar-refractivity contribution in [2.75, 3.05) is 5.75 Å². The van der Waals surface area contributed by atoms with Gasteiger partial charge in [-0.15, -0.1) is 10.2 Å². The summed E-state index contributed by atoms with van der Waals surface area (Å²) in [6.07, 6.45) is 1.76. The first kappa shape index (κ1) is 12.4. The molecule has 0 radical (unpaired) electrons. The van der Waals surface area contributed by atoms with Crippen molar-refractivity contribution >= 4 is 17.7 Å². The molecule has 18 heavy (non-hydrogen) atoms. The molecule has 0 spiro atoms. The van der Waals surface area contributed by atoms with Crippen LogP contribution in [-0.2, 0) is 11.2 Å². The number of thioether (sulfide) groups is 1. The van der Waals surface area contributed by atoms with Gasteiger partial charge in [0, 0.05) is 0 Å². The summed E-state index contributed by atoms with van der Waals surface area (Å²) in [5.74, 6) is -0.551. The van der Waals surface area contributed by atoms with Crippen LogP contribution in [0.25, 0.3) is 0 Å². The van der Waals surface area contributed by atoms with Crippen molar-refractivity contribution in [2.24, 2.45) is 0 Å². The molecule has 2 rings (SSSR count). The van der Waals surface area contributed by atoms with Gasteiger partial charge in [-0.1, -0.05) is 11.8 Å². The Morgan fingerprint density at radius 1 is 1.50 bits per heavy atom. The molecule has 0 aliphatic carbocycles. The van der Waals surface area contributed by atoms with E-state index in [0.717, 1.165) is 11.8 Å². The molecule has 7 nitrogen and oxygen atoms in total. The first-order valence-corrected chi connectivity index (χ1v) is 5.96. The topological polar surface area (TPSA) is 109 Å². The number of carbonyl (C=O) groups is 1. The Balaban J connectivity index is 2.10. The number of nitrogens with one attached hydrogen (secondary N) is 1. The fourth-order valence-electron chi connectivity index (χ4n) is 1.23. The number of carboxylic acid groups (broad SMARTS) is 1. The van der Waals surface area contributed by atoms with Gasteiger partial charge in [-0.2, -0.15) is 0 Å². The summed E-state index contributed by atoms with van der Waals surface area (Å²) in [6, 6.07) is 3.45. The molecule has 0 aliphatic rings. The average Bonchev–Trinajstić information content (AvgIpc) is 2.82. The number of carboxylic acids is 1. The van der Waals surface area contributed by atoms with Crippen LogP contribution in [0.5, 0.6) is 0 Å². The molecular formula is C10H9N3O4S. The number of hydrogen-bond acceptors (Lipinski definition) is 6. The Labute approximate surface area is 105 Å². The summed E-state index contributed by atoms with van der Waals surface area (Å²) < 4.78 is 5.10. The molecule has 0 aliphatic heterocycles. The van der Waals surface area contributed by atoms with Gasteiger partial charge in [-0.3, -0.25) is 14.6 Å². The van der Waals surface area contributed by atoms with Gasteiger partial charge in [0.2, 0.25) is 0 Å². The maximum Gasteiger partial charge on any atom is 0.313 e. The molecule has 0 amide bonds. The number of rotatable bonds is 5. The number of hydrogen-bond donors (Lipinski definition) is 2. The van der Waals surface area contributed by atoms with Crippen molar-refractivity contribution in [3.05, 3.63) is 40.2 Å². The molecule has 8 heteroatoms. The molecule has 0 unspecified atom stereocenters. The maximum atomic E-state index is 11.7. The molecule has 0 bridgehead atoms. The summed E-state index contributed by atoms with van der Waals surface area (Å²) in [5, 5.41) is 16.2. The molecule has 2 heterocycles. The zero-order valence-electron chi connectivity index (χ0n) is 9.12. The highest BCUT2D eigenvalue weighted by Crippen LogP contribution is 2.09. The van der Waals surface area contributed by atoms with E-state index in [1.54, 1.807) is 12.1 Å². The molecule has 0 saturated carbocycles. The van der Waals surface area contributed by atoms with Crippen molar-refractivity contribution in [3.63, 3.8) is 0 Å². The van der Waals surface area contributed by atoms with Crippen LogP contribution in [0.2, 0.25) is 0 Å². The third-order valence-corrected chi connectivity index (χ3v) is 2.85. The third kappa shape index (κ3) is 3.20. The summed E-state index contributed by atoms with van der Waals surface area (Å²) in [4.78, 5) is 24.5. The second kappa shape index (κ2) is 5.50. The van der Waals surface area contributed by atoms with Crippen LogP contribution in [0.3, 0.4) is 0 Å². The summed E-state index contributed by atoms with van der Waals surface area (Å²) in [6.45, 7) is 0. The van der Waals surface area contributed by atoms with E-state index in [1.165, 1.54) is 6.26 Å². The quantitative estimate of drug-likeness (QED) is 0.760. The molecule has 0 aromatic carbocycles. The van der Waals surface area contributed by atoms with Crippen molar-refractivity contribution in [2.45, 2.75) is 11.6 Å². The molecular weight excluding hydrogens is 258 g/mol. The van der Waals surface area contributed by atoms with Crippen molar-refractivity contribution in [1.82, 2.24) is 15.2 Å². The molecule has 94 valence electrons. The Bertz CT molecular complexity index is 593. The first-order chi connectivity index (χ1) is 8.65. The predicted octanol–water partition coefficient (Wildman–Crippen LogP) is 0.525. The number of H-pyrrole nitrogens is 1. The number of furan rings is 1. The normalized spacial score (nSPS) is 10.4. The number of aliphatic carboxylic acids is 1. The highest BCUT2D eigenvalue weighted by atomic mass is 32.2. The molecule has 0 atom stereocenters. The first-order valence-electron chi connectivity index (χ1n) is 4.98. The predicted molar refractivity (Wildman–Crippen MR) is 62.5 cm³/mol. The molecule has 0 fully saturated rings. The van der Waals surface area contributed by atoms with Crippen molar-refractivity contribution in [3.8, 4) is 0 Å². The van der Waals surface area contributed by atoms with Crippen LogP contribution < -0.4 is 5.56 Å². The lowest BCUT2D eigenvalue weighted by Gasteiger charge is -1.99. The van der Waals surface area contributed by atoms with E-state index in [0.29, 0.717) is 5.76 Å². The van der Waals surface area contributed by atoms with Crippen LogP contribution >= 0.6 is 11.8 Å². The van der Waals surface area contributed by atoms with Crippen LogP contribution in [0.1, 0.15) is 11.5 Å². The zero-order valence-corrected chi connectivity index (χ0v) is 9.94. The Hall–Kier alpha value is -2.09. The van der Waals surface area contributed by atoms with E-state index in [2.05, 4.69) is 15.2 Å². The monoisotopic (exact) mass is 267 g/mol. The fraction of sp³-hybridized carbons (Fsp3) is 0.200. The van der Waals surface area contributed by atoms with Gasteiger partial charge in [0.15, 0.2) is 5.16 Å². The van der Waals surface area contributed by atoms with E-state index in [4.69, 9.17) is 9.52 Å². The van der Waals surface area contributed by atoms with Crippen LogP contribution in [0.4, 0.5) is 0 Å². The lowest BCUT2D eigenvalue weighted by molar-refractivity contribution is -0.133. The lowest BCUT2D eigenvalue weighted by Crippen LogP contribution is -2.18. The van der Waals surface area contributed by atoms with E-state index in [9.17, 15) is 9.59 Å². The second-order valence-corrected chi connectivity index (χ2v) is 4.31. The second-order valence-electron chi connectivity index (χ2n) is 3.34. The van der Waals surface area contributed by atoms with Crippen LogP contribution in [0, 0.1) is 0 Å². The molecule has 2 aromatic rings. The minimum absolute atomic E-state index is 0.178. The minimum Gasteiger partial charge on any atom is -0.481 e. The summed E-state index contributed by atoms with van der Waals surface area (Å²) in [7, 11) is 0. The molecule has 2 aromatic heterocycles. The number of nitrogens with zero attached hydrogens (tertiary/aromatic N) is 2. The van der Waals surface area contributed by atoms with E-state index in [1.807, 2.05) is 0 Å². The highest BCUT2D eigenvalue weighted by molar-refractivity contribution is 7.99. The molecule has 2 N–H and O–H groups in total. The smallest absolute Gasteiger partial charge is 0.313 e. The van der Waals surface area contributed by atoms with Crippen LogP contribution in [0.15, 0.2) is 32.8 Å². The highest BCUT2D eigenvalue weighted by Gasteiger charge is 2.09. The fourth-order valence-corrected chi connectivity index (χ4v) is 1.76. The van der Waals surface area contributed by atoms with Gasteiger partial charge in [0.1, 0.15) is 11.5 Å². The third-order valence-electron chi connectivity index (χ3n) is 2.00. The largest absolute Gasteiger partial charge is 0.481 e. The summed E-state index contributed by atoms with van der Waals surface area (Å²) >= 11 is 0.907. The van der Waals surface area contributed by atoms with E-state index < -0.39 is 11.5 Å². The van der Waals surface area contributed by atoms with Gasteiger partial charge in [-0.25, -0.2) is 0 Å². The van der Waals surface area contributed by atoms with E-state index >= 15 is 0 Å². The van der Waals surface area contributed by atoms with Gasteiger partial charge < -0.3 is 9.52 Å². The van der Waals surface area contributed by atoms with E-state index in [-0.39, 0.29) is 23.0 Å². The minimum atomic E-state index is -0.984. The SMILES string of the molecule is O=C(O)CSc1nnc(Cc2ccco2)c(=O)[nH]1. The van der Waals surface area contributed by atoms with Gasteiger partial charge in [-0.05, 0) is 12.1 Å². The summed E-state index contributed by atoms with van der Waals surface area (Å²) in [5.41, 5.74) is -0.168. The lowest BCUT2D eigenvalue weighted by atomic mass is 10.3. The Morgan fingerprint density at radius 2 is 2.33 bits per heavy atom. The zero-order chi connectivity index (χ0) is 13.0. The van der Waals surface area contributed by atoms with Crippen molar-refractivity contribution < 1.29 is 14.3 Å².